The molecule has 4 aliphatic carbocycles. The maximum absolute atomic E-state index is 4.15. The van der Waals surface area contributed by atoms with E-state index in [0.717, 1.165) is 29.6 Å². The molecule has 1 unspecified atom stereocenters. The third kappa shape index (κ3) is 1.80. The second-order valence-electron chi connectivity index (χ2n) is 9.03. The average molecular weight is 284 g/mol. The average Bonchev–Trinajstić information content (AvgIpc) is 2.83. The third-order valence-corrected chi connectivity index (χ3v) is 8.57. The molecule has 0 amide bonds. The zero-order chi connectivity index (χ0) is 14.7. The molecule has 3 saturated carbocycles. The summed E-state index contributed by atoms with van der Waals surface area (Å²) in [5.74, 6) is 4.78. The van der Waals surface area contributed by atoms with Gasteiger partial charge in [-0.15, -0.1) is 6.58 Å². The van der Waals surface area contributed by atoms with Gasteiger partial charge in [0.05, 0.1) is 0 Å². The van der Waals surface area contributed by atoms with Crippen LogP contribution >= 0.6 is 0 Å². The Labute approximate surface area is 131 Å². The Morgan fingerprint density at radius 2 is 1.76 bits per heavy atom. The molecule has 0 aromatic rings. The van der Waals surface area contributed by atoms with Gasteiger partial charge in [0.15, 0.2) is 0 Å². The van der Waals surface area contributed by atoms with Gasteiger partial charge in [-0.2, -0.15) is 0 Å². The maximum atomic E-state index is 4.15. The van der Waals surface area contributed by atoms with Crippen molar-refractivity contribution in [1.29, 1.82) is 0 Å². The largest absolute Gasteiger partial charge is 0.103 e. The van der Waals surface area contributed by atoms with E-state index in [-0.39, 0.29) is 0 Å². The Balaban J connectivity index is 1.66. The number of allylic oxidation sites excluding steroid dienone is 3. The lowest BCUT2D eigenvalue weighted by Gasteiger charge is -2.59. The van der Waals surface area contributed by atoms with Gasteiger partial charge in [0.2, 0.25) is 0 Å². The number of hydrogen-bond acceptors (Lipinski definition) is 0. The monoisotopic (exact) mass is 284 g/mol. The van der Waals surface area contributed by atoms with Gasteiger partial charge in [0.25, 0.3) is 0 Å². The van der Waals surface area contributed by atoms with Crippen molar-refractivity contribution in [3.05, 3.63) is 24.8 Å². The fourth-order valence-corrected chi connectivity index (χ4v) is 7.27. The molecule has 0 heteroatoms. The van der Waals surface area contributed by atoms with Crippen LogP contribution in [0, 0.1) is 40.4 Å². The summed E-state index contributed by atoms with van der Waals surface area (Å²) in [6, 6.07) is 0. The summed E-state index contributed by atoms with van der Waals surface area (Å²) < 4.78 is 0. The Bertz CT molecular complexity index is 461. The Morgan fingerprint density at radius 1 is 0.952 bits per heavy atom. The van der Waals surface area contributed by atoms with Gasteiger partial charge in [-0.1, -0.05) is 32.1 Å². The first-order valence-electron chi connectivity index (χ1n) is 9.37. The van der Waals surface area contributed by atoms with E-state index in [9.17, 15) is 0 Å². The second kappa shape index (κ2) is 4.74. The molecule has 0 aromatic heterocycles. The molecule has 0 saturated heterocycles. The fraction of sp³-hybridized carbons (Fsp3) is 0.810. The van der Waals surface area contributed by atoms with Crippen LogP contribution in [0.1, 0.15) is 65.2 Å². The van der Waals surface area contributed by atoms with Gasteiger partial charge < -0.3 is 0 Å². The lowest BCUT2D eigenvalue weighted by atomic mass is 9.45. The highest BCUT2D eigenvalue weighted by atomic mass is 14.6. The number of hydrogen-bond donors (Lipinski definition) is 0. The van der Waals surface area contributed by atoms with Gasteiger partial charge in [-0.05, 0) is 91.8 Å². The van der Waals surface area contributed by atoms with E-state index in [4.69, 9.17) is 0 Å². The van der Waals surface area contributed by atoms with E-state index in [1.165, 1.54) is 51.4 Å². The van der Waals surface area contributed by atoms with E-state index in [1.807, 2.05) is 0 Å². The first-order chi connectivity index (χ1) is 10.1. The quantitative estimate of drug-likeness (QED) is 0.518. The standard InChI is InChI=1S/C21H32/c1-4-15-9-11-18-17-10-8-16-7-5-6-13-20(16,2)19(17)12-14-21(15,18)3/h4-6,15-19H,1,7-14H2,2-3H3/t15-,16?,17-,18-,19-,20-,21+/m0/s1. The molecular weight excluding hydrogens is 252 g/mol. The Morgan fingerprint density at radius 3 is 2.57 bits per heavy atom. The van der Waals surface area contributed by atoms with Crippen molar-refractivity contribution in [2.45, 2.75) is 65.2 Å². The number of fused-ring (bicyclic) bond motifs is 5. The van der Waals surface area contributed by atoms with E-state index in [0.29, 0.717) is 10.8 Å². The van der Waals surface area contributed by atoms with Crippen LogP contribution in [0.5, 0.6) is 0 Å². The molecule has 4 aliphatic rings. The minimum atomic E-state index is 0.580. The van der Waals surface area contributed by atoms with E-state index >= 15 is 0 Å². The summed E-state index contributed by atoms with van der Waals surface area (Å²) in [6.07, 6.45) is 18.8. The van der Waals surface area contributed by atoms with Gasteiger partial charge in [-0.3, -0.25) is 0 Å². The Kier molecular flexibility index (Phi) is 3.18. The molecule has 0 nitrogen and oxygen atoms in total. The van der Waals surface area contributed by atoms with Gasteiger partial charge >= 0.3 is 0 Å². The predicted molar refractivity (Wildman–Crippen MR) is 89.9 cm³/mol. The van der Waals surface area contributed by atoms with E-state index < -0.39 is 0 Å². The predicted octanol–water partition coefficient (Wildman–Crippen LogP) is 6.00. The molecule has 4 rings (SSSR count). The topological polar surface area (TPSA) is 0 Å². The van der Waals surface area contributed by atoms with Crippen molar-refractivity contribution in [2.24, 2.45) is 40.4 Å². The molecule has 21 heavy (non-hydrogen) atoms. The molecule has 7 atom stereocenters. The van der Waals surface area contributed by atoms with Gasteiger partial charge in [0.1, 0.15) is 0 Å². The fourth-order valence-electron chi connectivity index (χ4n) is 7.27. The van der Waals surface area contributed by atoms with Crippen LogP contribution in [-0.4, -0.2) is 0 Å². The second-order valence-corrected chi connectivity index (χ2v) is 9.03. The van der Waals surface area contributed by atoms with Crippen LogP contribution in [0.2, 0.25) is 0 Å². The number of rotatable bonds is 1. The molecule has 116 valence electrons. The van der Waals surface area contributed by atoms with Crippen LogP contribution in [0.25, 0.3) is 0 Å². The first-order valence-corrected chi connectivity index (χ1v) is 9.37. The summed E-state index contributed by atoms with van der Waals surface area (Å²) in [4.78, 5) is 0. The zero-order valence-corrected chi connectivity index (χ0v) is 14.0. The minimum absolute atomic E-state index is 0.580. The first kappa shape index (κ1) is 14.1. The minimum Gasteiger partial charge on any atom is -0.103 e. The van der Waals surface area contributed by atoms with Crippen LogP contribution in [-0.2, 0) is 0 Å². The SMILES string of the molecule is C=C[C@H]1CC[C@H]2[C@@H]3CCC4CC=CC[C@]4(C)[C@H]3CC[C@]12C. The lowest BCUT2D eigenvalue weighted by Crippen LogP contribution is -2.52. The molecule has 0 aliphatic heterocycles. The molecule has 0 spiro atoms. The summed E-state index contributed by atoms with van der Waals surface area (Å²) in [5, 5.41) is 0. The molecule has 3 fully saturated rings. The summed E-state index contributed by atoms with van der Waals surface area (Å²) in [6.45, 7) is 9.39. The highest BCUT2D eigenvalue weighted by molar-refractivity contribution is 5.13. The van der Waals surface area contributed by atoms with Crippen LogP contribution in [0.3, 0.4) is 0 Å². The van der Waals surface area contributed by atoms with Crippen molar-refractivity contribution in [2.75, 3.05) is 0 Å². The maximum Gasteiger partial charge on any atom is -0.0179 e. The third-order valence-electron chi connectivity index (χ3n) is 8.57. The molecule has 0 radical (unpaired) electrons. The normalized spacial score (nSPS) is 55.4. The molecular formula is C21H32. The van der Waals surface area contributed by atoms with Gasteiger partial charge in [0, 0.05) is 0 Å². The lowest BCUT2D eigenvalue weighted by molar-refractivity contribution is -0.0926. The summed E-state index contributed by atoms with van der Waals surface area (Å²) in [7, 11) is 0. The Hall–Kier alpha value is -0.520. The molecule has 0 bridgehead atoms. The molecule has 0 aromatic carbocycles. The highest BCUT2D eigenvalue weighted by Gasteiger charge is 2.58. The summed E-state index contributed by atoms with van der Waals surface area (Å²) >= 11 is 0. The van der Waals surface area contributed by atoms with Crippen molar-refractivity contribution in [3.63, 3.8) is 0 Å². The van der Waals surface area contributed by atoms with Crippen molar-refractivity contribution in [1.82, 2.24) is 0 Å². The van der Waals surface area contributed by atoms with Crippen molar-refractivity contribution < 1.29 is 0 Å². The van der Waals surface area contributed by atoms with Crippen LogP contribution < -0.4 is 0 Å². The highest BCUT2D eigenvalue weighted by Crippen LogP contribution is 2.66. The van der Waals surface area contributed by atoms with Crippen molar-refractivity contribution in [3.8, 4) is 0 Å². The summed E-state index contributed by atoms with van der Waals surface area (Å²) in [5.41, 5.74) is 1.20. The van der Waals surface area contributed by atoms with Crippen molar-refractivity contribution >= 4 is 0 Å². The smallest absolute Gasteiger partial charge is 0.0179 e. The van der Waals surface area contributed by atoms with Crippen LogP contribution in [0.4, 0.5) is 0 Å². The van der Waals surface area contributed by atoms with E-state index in [1.54, 1.807) is 0 Å². The van der Waals surface area contributed by atoms with Gasteiger partial charge in [-0.25, -0.2) is 0 Å². The molecule has 0 heterocycles. The zero-order valence-electron chi connectivity index (χ0n) is 14.0. The van der Waals surface area contributed by atoms with Crippen LogP contribution in [0.15, 0.2) is 24.8 Å². The van der Waals surface area contributed by atoms with E-state index in [2.05, 4.69) is 38.7 Å². The molecule has 0 N–H and O–H groups in total.